The fraction of sp³-hybridized carbons (Fsp3) is 0.625. The van der Waals surface area contributed by atoms with Crippen LogP contribution in [-0.2, 0) is 0 Å². The van der Waals surface area contributed by atoms with Gasteiger partial charge in [-0.2, -0.15) is 0 Å². The number of nitrogens with zero attached hydrogens (tertiary/aromatic N) is 1. The van der Waals surface area contributed by atoms with Crippen molar-refractivity contribution < 1.29 is 5.11 Å². The highest BCUT2D eigenvalue weighted by atomic mass is 16.3. The van der Waals surface area contributed by atoms with Gasteiger partial charge in [-0.25, -0.2) is 0 Å². The minimum Gasteiger partial charge on any atom is -0.387 e. The van der Waals surface area contributed by atoms with E-state index in [2.05, 4.69) is 44.7 Å². The number of aliphatic hydroxyl groups excluding tert-OH is 1. The standard InChI is InChI=1S/C16H25NO/c1-12-5-7-14(8-6-12)15(18)13(2)17-10-9-16(3,4)11-17/h5-8,13,15,18H,9-11H2,1-4H3. The van der Waals surface area contributed by atoms with Gasteiger partial charge in [0.15, 0.2) is 0 Å². The summed E-state index contributed by atoms with van der Waals surface area (Å²) in [4.78, 5) is 2.41. The molecule has 0 aromatic heterocycles. The van der Waals surface area contributed by atoms with Crippen LogP contribution < -0.4 is 0 Å². The molecule has 2 nitrogen and oxygen atoms in total. The Hall–Kier alpha value is -0.860. The lowest BCUT2D eigenvalue weighted by molar-refractivity contribution is 0.0663. The maximum Gasteiger partial charge on any atom is 0.0942 e. The molecule has 0 bridgehead atoms. The summed E-state index contributed by atoms with van der Waals surface area (Å²) in [6.45, 7) is 11.0. The minimum absolute atomic E-state index is 0.189. The fourth-order valence-electron chi connectivity index (χ4n) is 2.74. The quantitative estimate of drug-likeness (QED) is 0.887. The molecule has 2 rings (SSSR count). The second kappa shape index (κ2) is 5.02. The van der Waals surface area contributed by atoms with Gasteiger partial charge in [-0.1, -0.05) is 43.7 Å². The Balaban J connectivity index is 2.05. The summed E-state index contributed by atoms with van der Waals surface area (Å²) in [7, 11) is 0. The molecule has 0 amide bonds. The summed E-state index contributed by atoms with van der Waals surface area (Å²) in [5, 5.41) is 10.5. The highest BCUT2D eigenvalue weighted by Crippen LogP contribution is 2.33. The number of benzene rings is 1. The second-order valence-electron chi connectivity index (χ2n) is 6.48. The van der Waals surface area contributed by atoms with Gasteiger partial charge >= 0.3 is 0 Å². The predicted molar refractivity (Wildman–Crippen MR) is 75.6 cm³/mol. The SMILES string of the molecule is Cc1ccc(C(O)C(C)N2CCC(C)(C)C2)cc1. The van der Waals surface area contributed by atoms with Crippen molar-refractivity contribution >= 4 is 0 Å². The first-order valence-electron chi connectivity index (χ1n) is 6.88. The number of aryl methyl sites for hydroxylation is 1. The highest BCUT2D eigenvalue weighted by molar-refractivity contribution is 5.24. The molecule has 1 N–H and O–H groups in total. The first-order valence-corrected chi connectivity index (χ1v) is 6.88. The molecule has 1 aromatic carbocycles. The van der Waals surface area contributed by atoms with Crippen LogP contribution in [0.5, 0.6) is 0 Å². The molecule has 1 aromatic rings. The Morgan fingerprint density at radius 1 is 1.22 bits per heavy atom. The van der Waals surface area contributed by atoms with Crippen LogP contribution in [0.25, 0.3) is 0 Å². The average molecular weight is 247 g/mol. The summed E-state index contributed by atoms with van der Waals surface area (Å²) in [6.07, 6.45) is 0.831. The van der Waals surface area contributed by atoms with Gasteiger partial charge < -0.3 is 5.11 Å². The Labute approximate surface area is 111 Å². The van der Waals surface area contributed by atoms with Gasteiger partial charge in [0.05, 0.1) is 6.10 Å². The van der Waals surface area contributed by atoms with E-state index in [1.807, 2.05) is 12.1 Å². The first-order chi connectivity index (χ1) is 8.39. The fourth-order valence-corrected chi connectivity index (χ4v) is 2.74. The highest BCUT2D eigenvalue weighted by Gasteiger charge is 2.34. The first kappa shape index (κ1) is 13.6. The summed E-state index contributed by atoms with van der Waals surface area (Å²) in [5.41, 5.74) is 2.65. The molecule has 0 aliphatic carbocycles. The van der Waals surface area contributed by atoms with Crippen LogP contribution in [0.15, 0.2) is 24.3 Å². The average Bonchev–Trinajstić information content (AvgIpc) is 2.69. The normalized spacial score (nSPS) is 22.9. The molecular weight excluding hydrogens is 222 g/mol. The van der Waals surface area contributed by atoms with E-state index in [1.54, 1.807) is 0 Å². The van der Waals surface area contributed by atoms with E-state index in [-0.39, 0.29) is 12.1 Å². The Bertz CT molecular complexity index is 396. The van der Waals surface area contributed by atoms with Gasteiger partial charge in [-0.15, -0.1) is 0 Å². The van der Waals surface area contributed by atoms with Crippen molar-refractivity contribution in [2.75, 3.05) is 13.1 Å². The molecule has 1 fully saturated rings. The molecule has 1 saturated heterocycles. The molecule has 1 heterocycles. The summed E-state index contributed by atoms with van der Waals surface area (Å²) < 4.78 is 0. The van der Waals surface area contributed by atoms with Gasteiger partial charge in [0, 0.05) is 12.6 Å². The molecule has 100 valence electrons. The van der Waals surface area contributed by atoms with E-state index in [9.17, 15) is 5.11 Å². The molecule has 1 aliphatic heterocycles. The van der Waals surface area contributed by atoms with Crippen LogP contribution in [0, 0.1) is 12.3 Å². The van der Waals surface area contributed by atoms with Crippen molar-refractivity contribution in [2.45, 2.75) is 46.3 Å². The molecule has 0 saturated carbocycles. The lowest BCUT2D eigenvalue weighted by Gasteiger charge is -2.30. The van der Waals surface area contributed by atoms with E-state index in [1.165, 1.54) is 12.0 Å². The monoisotopic (exact) mass is 247 g/mol. The Morgan fingerprint density at radius 2 is 1.83 bits per heavy atom. The number of rotatable bonds is 3. The third-order valence-corrected chi connectivity index (χ3v) is 4.16. The van der Waals surface area contributed by atoms with Gasteiger partial charge in [0.1, 0.15) is 0 Å². The molecule has 2 heteroatoms. The molecule has 2 atom stereocenters. The van der Waals surface area contributed by atoms with Gasteiger partial charge in [0.25, 0.3) is 0 Å². The van der Waals surface area contributed by atoms with E-state index in [0.717, 1.165) is 18.7 Å². The summed E-state index contributed by atoms with van der Waals surface area (Å²) in [6, 6.07) is 8.41. The molecule has 0 radical (unpaired) electrons. The zero-order valence-electron chi connectivity index (χ0n) is 12.0. The molecule has 2 unspecified atom stereocenters. The second-order valence-corrected chi connectivity index (χ2v) is 6.48. The summed E-state index contributed by atoms with van der Waals surface area (Å²) >= 11 is 0. The van der Waals surface area contributed by atoms with Crippen molar-refractivity contribution in [1.29, 1.82) is 0 Å². The largest absolute Gasteiger partial charge is 0.387 e. The summed E-state index contributed by atoms with van der Waals surface area (Å²) in [5.74, 6) is 0. The van der Waals surface area contributed by atoms with Crippen LogP contribution in [0.2, 0.25) is 0 Å². The van der Waals surface area contributed by atoms with E-state index in [4.69, 9.17) is 0 Å². The molecule has 0 spiro atoms. The van der Waals surface area contributed by atoms with E-state index >= 15 is 0 Å². The number of hydrogen-bond donors (Lipinski definition) is 1. The van der Waals surface area contributed by atoms with Crippen LogP contribution in [-0.4, -0.2) is 29.1 Å². The van der Waals surface area contributed by atoms with Crippen molar-refractivity contribution in [3.05, 3.63) is 35.4 Å². The van der Waals surface area contributed by atoms with Crippen molar-refractivity contribution in [1.82, 2.24) is 4.90 Å². The van der Waals surface area contributed by atoms with Crippen LogP contribution in [0.1, 0.15) is 44.4 Å². The maximum absolute atomic E-state index is 10.5. The topological polar surface area (TPSA) is 23.5 Å². The minimum atomic E-state index is -0.389. The van der Waals surface area contributed by atoms with Crippen molar-refractivity contribution in [3.8, 4) is 0 Å². The van der Waals surface area contributed by atoms with Crippen LogP contribution in [0.4, 0.5) is 0 Å². The lowest BCUT2D eigenvalue weighted by atomic mass is 9.93. The maximum atomic E-state index is 10.5. The third kappa shape index (κ3) is 2.93. The smallest absolute Gasteiger partial charge is 0.0942 e. The Kier molecular flexibility index (Phi) is 3.79. The van der Waals surface area contributed by atoms with Crippen molar-refractivity contribution in [3.63, 3.8) is 0 Å². The number of hydrogen-bond acceptors (Lipinski definition) is 2. The zero-order valence-corrected chi connectivity index (χ0v) is 12.0. The number of aliphatic hydroxyl groups is 1. The molecule has 1 aliphatic rings. The molecule has 18 heavy (non-hydrogen) atoms. The predicted octanol–water partition coefficient (Wildman–Crippen LogP) is 3.15. The molecular formula is C16H25NO. The van der Waals surface area contributed by atoms with E-state index in [0.29, 0.717) is 5.41 Å². The zero-order chi connectivity index (χ0) is 13.3. The third-order valence-electron chi connectivity index (χ3n) is 4.16. The van der Waals surface area contributed by atoms with Gasteiger partial charge in [-0.05, 0) is 37.8 Å². The van der Waals surface area contributed by atoms with Gasteiger partial charge in [-0.3, -0.25) is 4.90 Å². The van der Waals surface area contributed by atoms with Crippen LogP contribution >= 0.6 is 0 Å². The number of likely N-dealkylation sites (tertiary alicyclic amines) is 1. The Morgan fingerprint density at radius 3 is 2.33 bits per heavy atom. The van der Waals surface area contributed by atoms with Crippen LogP contribution in [0.3, 0.4) is 0 Å². The van der Waals surface area contributed by atoms with E-state index < -0.39 is 0 Å². The van der Waals surface area contributed by atoms with Gasteiger partial charge in [0.2, 0.25) is 0 Å². The lowest BCUT2D eigenvalue weighted by Crippen LogP contribution is -2.36. The van der Waals surface area contributed by atoms with Crippen molar-refractivity contribution in [2.24, 2.45) is 5.41 Å².